The molecule has 28 heavy (non-hydrogen) atoms. The Hall–Kier alpha value is -1.61. The van der Waals surface area contributed by atoms with Crippen LogP contribution in [0.4, 0.5) is 0 Å². The standard InChI is InChI=1S/C21H31N5O.HI/c1-3-12-26-13-10-18(11-14-26)25-21(22-4-2)23-15-19-16-27-20(24-19)17-8-6-5-7-9-17;/h5-9,16,18H,3-4,10-15H2,1-2H3,(H2,22,23,25);1H. The van der Waals surface area contributed by atoms with Crippen LogP contribution in [0.3, 0.4) is 0 Å². The number of aromatic nitrogens is 1. The van der Waals surface area contributed by atoms with Crippen molar-refractivity contribution in [3.8, 4) is 11.5 Å². The van der Waals surface area contributed by atoms with Crippen molar-refractivity contribution >= 4 is 29.9 Å². The Morgan fingerprint density at radius 3 is 2.64 bits per heavy atom. The molecule has 0 bridgehead atoms. The number of guanidine groups is 1. The molecule has 2 aromatic rings. The maximum Gasteiger partial charge on any atom is 0.226 e. The van der Waals surface area contributed by atoms with Gasteiger partial charge in [0, 0.05) is 31.2 Å². The minimum absolute atomic E-state index is 0. The van der Waals surface area contributed by atoms with Gasteiger partial charge in [-0.25, -0.2) is 9.98 Å². The van der Waals surface area contributed by atoms with E-state index in [0.29, 0.717) is 18.5 Å². The highest BCUT2D eigenvalue weighted by Gasteiger charge is 2.19. The van der Waals surface area contributed by atoms with Crippen LogP contribution in [0.15, 0.2) is 46.0 Å². The summed E-state index contributed by atoms with van der Waals surface area (Å²) in [6.45, 7) is 9.20. The van der Waals surface area contributed by atoms with Crippen molar-refractivity contribution in [1.82, 2.24) is 20.5 Å². The Kier molecular flexibility index (Phi) is 9.77. The molecule has 2 N–H and O–H groups in total. The summed E-state index contributed by atoms with van der Waals surface area (Å²) in [7, 11) is 0. The van der Waals surface area contributed by atoms with Gasteiger partial charge in [-0.05, 0) is 44.9 Å². The van der Waals surface area contributed by atoms with E-state index in [1.807, 2.05) is 30.3 Å². The van der Waals surface area contributed by atoms with E-state index in [1.54, 1.807) is 6.26 Å². The van der Waals surface area contributed by atoms with Crippen LogP contribution < -0.4 is 10.6 Å². The quantitative estimate of drug-likeness (QED) is 0.345. The minimum Gasteiger partial charge on any atom is -0.444 e. The number of rotatable bonds is 7. The topological polar surface area (TPSA) is 65.7 Å². The summed E-state index contributed by atoms with van der Waals surface area (Å²) < 4.78 is 5.60. The molecule has 0 unspecified atom stereocenters. The molecule has 1 aromatic carbocycles. The first-order valence-corrected chi connectivity index (χ1v) is 10.1. The third-order valence-corrected chi connectivity index (χ3v) is 4.78. The Labute approximate surface area is 185 Å². The molecule has 1 aromatic heterocycles. The number of oxazole rings is 1. The number of piperidine rings is 1. The van der Waals surface area contributed by atoms with E-state index in [1.165, 1.54) is 13.0 Å². The highest BCUT2D eigenvalue weighted by molar-refractivity contribution is 14.0. The van der Waals surface area contributed by atoms with Crippen LogP contribution in [0.5, 0.6) is 0 Å². The van der Waals surface area contributed by atoms with E-state index in [9.17, 15) is 0 Å². The third kappa shape index (κ3) is 6.77. The lowest BCUT2D eigenvalue weighted by molar-refractivity contribution is 0.206. The number of benzene rings is 1. The fraction of sp³-hybridized carbons (Fsp3) is 0.524. The van der Waals surface area contributed by atoms with Gasteiger partial charge in [0.25, 0.3) is 0 Å². The van der Waals surface area contributed by atoms with Crippen LogP contribution in [-0.2, 0) is 6.54 Å². The number of hydrogen-bond acceptors (Lipinski definition) is 4. The monoisotopic (exact) mass is 497 g/mol. The lowest BCUT2D eigenvalue weighted by Gasteiger charge is -2.32. The first-order valence-electron chi connectivity index (χ1n) is 10.1. The number of aliphatic imine (C=N–C) groups is 1. The molecule has 0 spiro atoms. The highest BCUT2D eigenvalue weighted by atomic mass is 127. The Balaban J connectivity index is 0.00000280. The molecule has 0 radical (unpaired) electrons. The van der Waals surface area contributed by atoms with Crippen LogP contribution in [0, 0.1) is 0 Å². The van der Waals surface area contributed by atoms with Crippen molar-refractivity contribution < 1.29 is 4.42 Å². The van der Waals surface area contributed by atoms with Gasteiger partial charge in [-0.2, -0.15) is 0 Å². The van der Waals surface area contributed by atoms with Crippen molar-refractivity contribution in [1.29, 1.82) is 0 Å². The zero-order valence-electron chi connectivity index (χ0n) is 16.9. The Morgan fingerprint density at radius 1 is 1.21 bits per heavy atom. The zero-order chi connectivity index (χ0) is 18.9. The summed E-state index contributed by atoms with van der Waals surface area (Å²) in [5.41, 5.74) is 1.82. The third-order valence-electron chi connectivity index (χ3n) is 4.78. The van der Waals surface area contributed by atoms with Gasteiger partial charge in [-0.15, -0.1) is 24.0 Å². The average Bonchev–Trinajstić information content (AvgIpc) is 3.18. The second-order valence-corrected chi connectivity index (χ2v) is 6.97. The zero-order valence-corrected chi connectivity index (χ0v) is 19.2. The molecule has 0 amide bonds. The molecule has 1 aliphatic rings. The van der Waals surface area contributed by atoms with E-state index in [-0.39, 0.29) is 24.0 Å². The molecule has 154 valence electrons. The number of hydrogen-bond donors (Lipinski definition) is 2. The maximum absolute atomic E-state index is 5.60. The predicted octanol–water partition coefficient (Wildman–Crippen LogP) is 3.89. The molecule has 0 atom stereocenters. The molecule has 6 nitrogen and oxygen atoms in total. The van der Waals surface area contributed by atoms with Gasteiger partial charge in [-0.3, -0.25) is 0 Å². The molecule has 3 rings (SSSR count). The van der Waals surface area contributed by atoms with E-state index in [4.69, 9.17) is 9.41 Å². The SMILES string of the molecule is CCCN1CCC(NC(=NCc2coc(-c3ccccc3)n2)NCC)CC1.I. The van der Waals surface area contributed by atoms with E-state index in [0.717, 1.165) is 49.7 Å². The van der Waals surface area contributed by atoms with E-state index in [2.05, 4.69) is 34.4 Å². The summed E-state index contributed by atoms with van der Waals surface area (Å²) in [5, 5.41) is 6.92. The average molecular weight is 497 g/mol. The lowest BCUT2D eigenvalue weighted by atomic mass is 10.1. The summed E-state index contributed by atoms with van der Waals surface area (Å²) in [6, 6.07) is 10.4. The van der Waals surface area contributed by atoms with Crippen LogP contribution in [0.1, 0.15) is 38.8 Å². The number of nitrogens with zero attached hydrogens (tertiary/aromatic N) is 3. The van der Waals surface area contributed by atoms with Crippen molar-refractivity contribution in [2.45, 2.75) is 45.7 Å². The second-order valence-electron chi connectivity index (χ2n) is 6.97. The van der Waals surface area contributed by atoms with Crippen LogP contribution in [0.2, 0.25) is 0 Å². The molecular weight excluding hydrogens is 465 g/mol. The molecule has 0 saturated carbocycles. The summed E-state index contributed by atoms with van der Waals surface area (Å²) in [6.07, 6.45) is 5.24. The number of likely N-dealkylation sites (tertiary alicyclic amines) is 1. The fourth-order valence-corrected chi connectivity index (χ4v) is 3.38. The molecule has 1 saturated heterocycles. The predicted molar refractivity (Wildman–Crippen MR) is 125 cm³/mol. The summed E-state index contributed by atoms with van der Waals surface area (Å²) in [5.74, 6) is 1.50. The highest BCUT2D eigenvalue weighted by Crippen LogP contribution is 2.18. The number of halogens is 1. The van der Waals surface area contributed by atoms with Gasteiger partial charge < -0.3 is 20.0 Å². The summed E-state index contributed by atoms with van der Waals surface area (Å²) >= 11 is 0. The van der Waals surface area contributed by atoms with E-state index < -0.39 is 0 Å². The van der Waals surface area contributed by atoms with Gasteiger partial charge in [-0.1, -0.05) is 25.1 Å². The number of nitrogens with one attached hydrogen (secondary N) is 2. The van der Waals surface area contributed by atoms with E-state index >= 15 is 0 Å². The molecular formula is C21H32IN5O. The fourth-order valence-electron chi connectivity index (χ4n) is 3.38. The van der Waals surface area contributed by atoms with Gasteiger partial charge in [0.05, 0.1) is 6.54 Å². The normalized spacial score (nSPS) is 15.9. The largest absolute Gasteiger partial charge is 0.444 e. The van der Waals surface area contributed by atoms with Gasteiger partial charge in [0.2, 0.25) is 5.89 Å². The van der Waals surface area contributed by atoms with Crippen molar-refractivity contribution in [2.75, 3.05) is 26.2 Å². The van der Waals surface area contributed by atoms with Crippen molar-refractivity contribution in [3.63, 3.8) is 0 Å². The van der Waals surface area contributed by atoms with Gasteiger partial charge in [0.1, 0.15) is 12.0 Å². The molecule has 2 heterocycles. The van der Waals surface area contributed by atoms with Crippen LogP contribution in [0.25, 0.3) is 11.5 Å². The van der Waals surface area contributed by atoms with Gasteiger partial charge >= 0.3 is 0 Å². The second kappa shape index (κ2) is 12.1. The molecule has 7 heteroatoms. The first-order chi connectivity index (χ1) is 13.3. The Bertz CT molecular complexity index is 711. The minimum atomic E-state index is 0. The smallest absolute Gasteiger partial charge is 0.226 e. The molecule has 1 fully saturated rings. The lowest BCUT2D eigenvalue weighted by Crippen LogP contribution is -2.48. The van der Waals surface area contributed by atoms with Crippen LogP contribution >= 0.6 is 24.0 Å². The van der Waals surface area contributed by atoms with Gasteiger partial charge in [0.15, 0.2) is 5.96 Å². The molecule has 1 aliphatic heterocycles. The first kappa shape index (κ1) is 22.7. The molecule has 0 aliphatic carbocycles. The summed E-state index contributed by atoms with van der Waals surface area (Å²) in [4.78, 5) is 11.8. The maximum atomic E-state index is 5.60. The van der Waals surface area contributed by atoms with Crippen LogP contribution in [-0.4, -0.2) is 48.1 Å². The van der Waals surface area contributed by atoms with Crippen molar-refractivity contribution in [2.24, 2.45) is 4.99 Å². The Morgan fingerprint density at radius 2 is 1.96 bits per heavy atom. The van der Waals surface area contributed by atoms with Crippen molar-refractivity contribution in [3.05, 3.63) is 42.3 Å².